The van der Waals surface area contributed by atoms with Gasteiger partial charge in [0.1, 0.15) is 11.5 Å². The molecule has 2 aliphatic heterocycles. The number of rotatable bonds is 3. The third-order valence-corrected chi connectivity index (χ3v) is 6.23. The van der Waals surface area contributed by atoms with E-state index in [0.29, 0.717) is 29.9 Å². The molecule has 2 fully saturated rings. The lowest BCUT2D eigenvalue weighted by molar-refractivity contribution is -0.140. The summed E-state index contributed by atoms with van der Waals surface area (Å²) in [5.74, 6) is -0.721. The molecule has 0 radical (unpaired) electrons. The van der Waals surface area contributed by atoms with Crippen LogP contribution < -0.4 is 0 Å². The molecule has 4 rings (SSSR count). The third kappa shape index (κ3) is 3.58. The number of piperazine rings is 1. The average molecular weight is 385 g/mol. The summed E-state index contributed by atoms with van der Waals surface area (Å²) in [5.41, 5.74) is 1.58. The molecule has 1 saturated heterocycles. The summed E-state index contributed by atoms with van der Waals surface area (Å²) in [4.78, 5) is 32.7. The predicted octanol–water partition coefficient (Wildman–Crippen LogP) is 2.88. The summed E-state index contributed by atoms with van der Waals surface area (Å²) >= 11 is 0. The molecule has 0 atom stereocenters. The maximum atomic E-state index is 13.5. The number of amides is 2. The van der Waals surface area contributed by atoms with E-state index >= 15 is 0 Å². The van der Waals surface area contributed by atoms with Gasteiger partial charge < -0.3 is 9.80 Å². The first kappa shape index (κ1) is 19.1. The molecule has 1 aliphatic carbocycles. The summed E-state index contributed by atoms with van der Waals surface area (Å²) in [6.45, 7) is 3.14. The zero-order valence-corrected chi connectivity index (χ0v) is 16.5. The number of hydrogen-bond donors (Lipinski definition) is 0. The van der Waals surface area contributed by atoms with E-state index in [0.717, 1.165) is 51.6 Å². The van der Waals surface area contributed by atoms with Gasteiger partial charge in [-0.15, -0.1) is 0 Å². The molecular weight excluding hydrogens is 357 g/mol. The highest BCUT2D eigenvalue weighted by molar-refractivity contribution is 6.35. The molecule has 3 aliphatic rings. The molecule has 2 amide bonds. The standard InChI is InChI=1S/C22H28FN3O2/c1-24-12-14-25(15-13-24)20-19(16-8-10-17(23)11-9-16)21(27)26(22(20)28)18-6-4-2-3-5-7-18/h8-11,18H,2-7,12-15H2,1H3. The molecule has 28 heavy (non-hydrogen) atoms. The SMILES string of the molecule is CN1CCN(C2=C(c3ccc(F)cc3)C(=O)N(C3CCCCCC3)C2=O)CC1. The van der Waals surface area contributed by atoms with Crippen LogP contribution in [0.15, 0.2) is 30.0 Å². The van der Waals surface area contributed by atoms with E-state index in [9.17, 15) is 14.0 Å². The molecule has 0 bridgehead atoms. The van der Waals surface area contributed by atoms with Crippen LogP contribution >= 0.6 is 0 Å². The second-order valence-electron chi connectivity index (χ2n) is 8.15. The van der Waals surface area contributed by atoms with Crippen LogP contribution in [0.25, 0.3) is 5.57 Å². The fourth-order valence-corrected chi connectivity index (χ4v) is 4.58. The Kier molecular flexibility index (Phi) is 5.49. The minimum absolute atomic E-state index is 0.0251. The van der Waals surface area contributed by atoms with Gasteiger partial charge in [0.25, 0.3) is 11.8 Å². The van der Waals surface area contributed by atoms with E-state index in [-0.39, 0.29) is 23.7 Å². The van der Waals surface area contributed by atoms with Crippen molar-refractivity contribution < 1.29 is 14.0 Å². The number of nitrogens with zero attached hydrogens (tertiary/aromatic N) is 3. The van der Waals surface area contributed by atoms with E-state index in [2.05, 4.69) is 16.8 Å². The van der Waals surface area contributed by atoms with Crippen molar-refractivity contribution in [2.24, 2.45) is 0 Å². The highest BCUT2D eigenvalue weighted by Gasteiger charge is 2.44. The van der Waals surface area contributed by atoms with E-state index in [4.69, 9.17) is 0 Å². The van der Waals surface area contributed by atoms with Crippen molar-refractivity contribution in [1.82, 2.24) is 14.7 Å². The number of likely N-dealkylation sites (N-methyl/N-ethyl adjacent to an activating group) is 1. The third-order valence-electron chi connectivity index (χ3n) is 6.23. The molecule has 1 aromatic carbocycles. The van der Waals surface area contributed by atoms with Crippen LogP contribution in [-0.2, 0) is 9.59 Å². The summed E-state index contributed by atoms with van der Waals surface area (Å²) in [6, 6.07) is 5.92. The number of halogens is 1. The smallest absolute Gasteiger partial charge is 0.278 e. The Bertz CT molecular complexity index is 773. The monoisotopic (exact) mass is 385 g/mol. The first-order valence-electron chi connectivity index (χ1n) is 10.4. The largest absolute Gasteiger partial charge is 0.364 e. The highest BCUT2D eigenvalue weighted by Crippen LogP contribution is 2.36. The first-order chi connectivity index (χ1) is 13.6. The van der Waals surface area contributed by atoms with Crippen LogP contribution in [0.1, 0.15) is 44.1 Å². The molecule has 5 nitrogen and oxygen atoms in total. The summed E-state index contributed by atoms with van der Waals surface area (Å²) < 4.78 is 13.5. The molecular formula is C22H28FN3O2. The maximum Gasteiger partial charge on any atom is 0.278 e. The quantitative estimate of drug-likeness (QED) is 0.593. The van der Waals surface area contributed by atoms with Gasteiger partial charge in [0.2, 0.25) is 0 Å². The minimum atomic E-state index is -0.345. The van der Waals surface area contributed by atoms with Gasteiger partial charge in [-0.1, -0.05) is 37.8 Å². The summed E-state index contributed by atoms with van der Waals surface area (Å²) in [7, 11) is 2.06. The molecule has 0 unspecified atom stereocenters. The van der Waals surface area contributed by atoms with Crippen molar-refractivity contribution in [1.29, 1.82) is 0 Å². The first-order valence-corrected chi connectivity index (χ1v) is 10.4. The predicted molar refractivity (Wildman–Crippen MR) is 106 cm³/mol. The van der Waals surface area contributed by atoms with Crippen molar-refractivity contribution in [2.75, 3.05) is 33.2 Å². The van der Waals surface area contributed by atoms with E-state index in [1.807, 2.05) is 0 Å². The average Bonchev–Trinajstić information content (AvgIpc) is 2.85. The number of hydrogen-bond acceptors (Lipinski definition) is 4. The summed E-state index contributed by atoms with van der Waals surface area (Å²) in [5, 5.41) is 0. The fourth-order valence-electron chi connectivity index (χ4n) is 4.58. The number of imide groups is 1. The van der Waals surface area contributed by atoms with Crippen molar-refractivity contribution in [3.8, 4) is 0 Å². The van der Waals surface area contributed by atoms with Gasteiger partial charge in [-0.05, 0) is 37.6 Å². The molecule has 2 heterocycles. The van der Waals surface area contributed by atoms with Gasteiger partial charge in [0, 0.05) is 32.2 Å². The Morgan fingerprint density at radius 2 is 1.46 bits per heavy atom. The number of carbonyl (C=O) groups is 2. The van der Waals surface area contributed by atoms with Crippen LogP contribution in [0.4, 0.5) is 4.39 Å². The normalized spacial score (nSPS) is 22.9. The maximum absolute atomic E-state index is 13.5. The Morgan fingerprint density at radius 3 is 2.07 bits per heavy atom. The second-order valence-corrected chi connectivity index (χ2v) is 8.15. The highest BCUT2D eigenvalue weighted by atomic mass is 19.1. The number of carbonyl (C=O) groups excluding carboxylic acids is 2. The summed E-state index contributed by atoms with van der Waals surface area (Å²) in [6.07, 6.45) is 6.19. The lowest BCUT2D eigenvalue weighted by atomic mass is 10.0. The van der Waals surface area contributed by atoms with Gasteiger partial charge in [0.05, 0.1) is 5.57 Å². The van der Waals surface area contributed by atoms with Gasteiger partial charge in [-0.2, -0.15) is 0 Å². The topological polar surface area (TPSA) is 43.9 Å². The lowest BCUT2D eigenvalue weighted by Crippen LogP contribution is -2.47. The van der Waals surface area contributed by atoms with Gasteiger partial charge in [-0.25, -0.2) is 4.39 Å². The minimum Gasteiger partial charge on any atom is -0.364 e. The lowest BCUT2D eigenvalue weighted by Gasteiger charge is -2.35. The van der Waals surface area contributed by atoms with Gasteiger partial charge in [0.15, 0.2) is 0 Å². The van der Waals surface area contributed by atoms with Crippen LogP contribution in [0, 0.1) is 5.82 Å². The molecule has 0 spiro atoms. The van der Waals surface area contributed by atoms with Crippen LogP contribution in [-0.4, -0.2) is 65.8 Å². The molecule has 0 N–H and O–H groups in total. The van der Waals surface area contributed by atoms with E-state index in [1.165, 1.54) is 17.0 Å². The number of benzene rings is 1. The van der Waals surface area contributed by atoms with Crippen molar-refractivity contribution in [3.05, 3.63) is 41.3 Å². The van der Waals surface area contributed by atoms with Crippen molar-refractivity contribution >= 4 is 17.4 Å². The zero-order chi connectivity index (χ0) is 19.7. The van der Waals surface area contributed by atoms with Gasteiger partial charge in [-0.3, -0.25) is 14.5 Å². The van der Waals surface area contributed by atoms with Crippen molar-refractivity contribution in [2.45, 2.75) is 44.6 Å². The Balaban J connectivity index is 1.72. The van der Waals surface area contributed by atoms with E-state index < -0.39 is 0 Å². The van der Waals surface area contributed by atoms with Gasteiger partial charge >= 0.3 is 0 Å². The zero-order valence-electron chi connectivity index (χ0n) is 16.5. The van der Waals surface area contributed by atoms with Crippen molar-refractivity contribution in [3.63, 3.8) is 0 Å². The molecule has 1 aromatic rings. The van der Waals surface area contributed by atoms with Crippen LogP contribution in [0.2, 0.25) is 0 Å². The Morgan fingerprint density at radius 1 is 0.857 bits per heavy atom. The molecule has 150 valence electrons. The Hall–Kier alpha value is -2.21. The molecule has 6 heteroatoms. The van der Waals surface area contributed by atoms with Crippen LogP contribution in [0.5, 0.6) is 0 Å². The Labute approximate surface area is 165 Å². The van der Waals surface area contributed by atoms with Crippen LogP contribution in [0.3, 0.4) is 0 Å². The fraction of sp³-hybridized carbons (Fsp3) is 0.545. The molecule has 0 aromatic heterocycles. The molecule has 1 saturated carbocycles. The second kappa shape index (κ2) is 8.03. The van der Waals surface area contributed by atoms with E-state index in [1.54, 1.807) is 12.1 Å².